The number of hydrogen-bond acceptors (Lipinski definition) is 22. The number of aromatic hydroxyl groups is 1. The smallest absolute Gasteiger partial charge is 0.444 e. The fourth-order valence-corrected chi connectivity index (χ4v) is 8.46. The van der Waals surface area contributed by atoms with E-state index in [2.05, 4.69) is 60.7 Å². The predicted octanol–water partition coefficient (Wildman–Crippen LogP) is 8.65. The number of nitrogens with zero attached hydrogens (tertiary/aromatic N) is 8. The van der Waals surface area contributed by atoms with E-state index < -0.39 is 42.4 Å². The maximum Gasteiger partial charge on any atom is 0.444 e. The summed E-state index contributed by atoms with van der Waals surface area (Å²) in [6.45, 7) is 5.28. The number of carbonyl (C=O) groups is 1. The fourth-order valence-electron chi connectivity index (χ4n) is 6.70. The van der Waals surface area contributed by atoms with Gasteiger partial charge in [-0.1, -0.05) is 17.2 Å². The third-order valence-electron chi connectivity index (χ3n) is 10.1. The van der Waals surface area contributed by atoms with E-state index in [1.165, 1.54) is 37.4 Å². The van der Waals surface area contributed by atoms with Crippen LogP contribution in [0.1, 0.15) is 23.1 Å². The van der Waals surface area contributed by atoms with Gasteiger partial charge in [0.05, 0.1) is 60.4 Å². The summed E-state index contributed by atoms with van der Waals surface area (Å²) < 4.78 is 83.4. The number of aryl methyl sites for hydroxylation is 3. The number of nitrogens with two attached hydrogens (primary N) is 1. The fraction of sp³-hybridized carbons (Fsp3) is 0.140. The van der Waals surface area contributed by atoms with Crippen molar-refractivity contribution in [1.29, 1.82) is 0 Å². The van der Waals surface area contributed by atoms with Crippen LogP contribution in [0.25, 0.3) is 16.7 Å². The largest absolute Gasteiger partial charge is 0.507 e. The number of carboxylic acid groups (broad SMARTS) is 1. The molecule has 0 fully saturated rings. The average Bonchev–Trinajstić information content (AvgIpc) is 3.30. The summed E-state index contributed by atoms with van der Waals surface area (Å²) in [6, 6.07) is 18.7. The zero-order valence-corrected chi connectivity index (χ0v) is 39.9. The Morgan fingerprint density at radius 3 is 2.20 bits per heavy atom. The van der Waals surface area contributed by atoms with Crippen molar-refractivity contribution in [2.45, 2.75) is 41.9 Å². The van der Waals surface area contributed by atoms with Crippen LogP contribution >= 0.6 is 12.0 Å². The van der Waals surface area contributed by atoms with E-state index in [4.69, 9.17) is 15.7 Å². The Morgan fingerprint density at radius 1 is 0.803 bits per heavy atom. The SMILES string of the molecule is COc1cc(C)c(C)cc1N=Nc1cc(S(=O)(=O)O)c(NCCC(=O)O)cc1Nc1nc(Nc2ccc(N=Nc3c(N)ccc4cc(SOOO)cc(O)c34)c(S(=O)(=O)O)c2)nc(-[n+]2cccc(C)c2)n1. The number of nitrogens with one attached hydrogen (secondary N) is 3. The summed E-state index contributed by atoms with van der Waals surface area (Å²) in [4.78, 5) is 23.9. The first-order valence-corrected chi connectivity index (χ1v) is 24.0. The van der Waals surface area contributed by atoms with E-state index in [9.17, 15) is 40.9 Å². The number of rotatable bonds is 19. The van der Waals surface area contributed by atoms with Crippen molar-refractivity contribution in [3.63, 3.8) is 0 Å². The lowest BCUT2D eigenvalue weighted by Gasteiger charge is -2.14. The van der Waals surface area contributed by atoms with Gasteiger partial charge in [0.15, 0.2) is 0 Å². The van der Waals surface area contributed by atoms with Crippen LogP contribution in [0.3, 0.4) is 0 Å². The van der Waals surface area contributed by atoms with Crippen molar-refractivity contribution in [3.05, 3.63) is 108 Å². The Bertz CT molecular complexity index is 3510. The van der Waals surface area contributed by atoms with E-state index in [1.807, 2.05) is 26.8 Å². The van der Waals surface area contributed by atoms with Gasteiger partial charge in [-0.25, -0.2) is 9.82 Å². The van der Waals surface area contributed by atoms with Gasteiger partial charge in [0, 0.05) is 17.1 Å². The molecule has 0 unspecified atom stereocenters. The molecule has 0 atom stereocenters. The van der Waals surface area contributed by atoms with Crippen LogP contribution in [-0.4, -0.2) is 76.0 Å². The average molecular weight is 1030 g/mol. The number of ether oxygens (including phenoxy) is 1. The Morgan fingerprint density at radius 2 is 1.51 bits per heavy atom. The molecular weight excluding hydrogens is 989 g/mol. The molecule has 2 aromatic heterocycles. The molecule has 7 rings (SSSR count). The zero-order valence-electron chi connectivity index (χ0n) is 37.5. The Balaban J connectivity index is 1.31. The molecule has 2 heterocycles. The van der Waals surface area contributed by atoms with Gasteiger partial charge in [-0.15, -0.1) is 29.8 Å². The van der Waals surface area contributed by atoms with Crippen LogP contribution in [0.15, 0.2) is 126 Å². The first-order chi connectivity index (χ1) is 33.7. The van der Waals surface area contributed by atoms with Crippen molar-refractivity contribution in [2.75, 3.05) is 35.3 Å². The highest BCUT2D eigenvalue weighted by Crippen LogP contribution is 2.43. The molecule has 28 heteroatoms. The summed E-state index contributed by atoms with van der Waals surface area (Å²) in [6.07, 6.45) is 2.91. The quantitative estimate of drug-likeness (QED) is 0.00695. The van der Waals surface area contributed by atoms with Crippen molar-refractivity contribution in [3.8, 4) is 17.4 Å². The number of hydrogen-bond donors (Lipinski definition) is 9. The summed E-state index contributed by atoms with van der Waals surface area (Å²) in [5.41, 5.74) is 8.29. The zero-order chi connectivity index (χ0) is 51.2. The first kappa shape index (κ1) is 50.9. The number of pyridine rings is 1. The number of methoxy groups -OCH3 is 1. The first-order valence-electron chi connectivity index (χ1n) is 20.4. The maximum absolute atomic E-state index is 12.9. The number of phenols is 1. The van der Waals surface area contributed by atoms with E-state index in [0.717, 1.165) is 28.8 Å². The number of aromatic nitrogens is 4. The van der Waals surface area contributed by atoms with Gasteiger partial charge in [0.25, 0.3) is 20.2 Å². The normalized spacial score (nSPS) is 11.9. The van der Waals surface area contributed by atoms with E-state index in [1.54, 1.807) is 47.3 Å². The van der Waals surface area contributed by atoms with Crippen molar-refractivity contribution < 1.29 is 64.9 Å². The van der Waals surface area contributed by atoms with E-state index in [0.29, 0.717) is 28.1 Å². The summed E-state index contributed by atoms with van der Waals surface area (Å²) >= 11 is 0.596. The lowest BCUT2D eigenvalue weighted by Crippen LogP contribution is -2.33. The van der Waals surface area contributed by atoms with Gasteiger partial charge < -0.3 is 36.6 Å². The molecule has 10 N–H and O–H groups in total. The van der Waals surface area contributed by atoms with Crippen LogP contribution in [0.2, 0.25) is 0 Å². The van der Waals surface area contributed by atoms with Gasteiger partial charge in [-0.05, 0) is 120 Å². The number of anilines is 6. The van der Waals surface area contributed by atoms with E-state index >= 15 is 0 Å². The van der Waals surface area contributed by atoms with Crippen molar-refractivity contribution >= 4 is 106 Å². The third kappa shape index (κ3) is 12.4. The molecule has 368 valence electrons. The monoisotopic (exact) mass is 1030 g/mol. The minimum atomic E-state index is -5.02. The molecule has 0 aliphatic heterocycles. The molecule has 0 amide bonds. The molecule has 0 aliphatic rings. The van der Waals surface area contributed by atoms with Crippen LogP contribution in [-0.2, 0) is 34.4 Å². The van der Waals surface area contributed by atoms with Gasteiger partial charge in [-0.3, -0.25) is 13.9 Å². The molecule has 0 spiro atoms. The Kier molecular flexibility index (Phi) is 15.3. The molecule has 0 saturated heterocycles. The summed E-state index contributed by atoms with van der Waals surface area (Å²) in [5, 5.41) is 58.4. The standard InChI is InChI=1S/C43H40N12O13S3/c1-22-6-5-13-55(21-22)43-49-41(46-26-8-10-29(36(17-26)70(60,61)62)51-54-40-28(44)9-7-25-16-27(69-68-67-59)18-34(56)39(25)40)48-42(50-43)47-30-19-33(45-12-11-38(57)58)37(71(63,64)65)20-31(30)52-53-32-14-23(2)24(3)15-35(32)66-4/h5-10,13-21H,11-12H2,1-4H3,(H9-,44,45,46,47,48,49,50,51,52,53,54,56,57,58,59,60,61,62,63,64,65)/p+1. The summed E-state index contributed by atoms with van der Waals surface area (Å²) in [7, 11) is -8.55. The summed E-state index contributed by atoms with van der Waals surface area (Å²) in [5.74, 6) is -1.57. The predicted molar refractivity (Wildman–Crippen MR) is 257 cm³/mol. The lowest BCUT2D eigenvalue weighted by molar-refractivity contribution is -0.603. The highest BCUT2D eigenvalue weighted by molar-refractivity contribution is 7.94. The second-order valence-corrected chi connectivity index (χ2v) is 18.7. The molecule has 25 nitrogen and oxygen atoms in total. The second-order valence-electron chi connectivity index (χ2n) is 15.2. The minimum Gasteiger partial charge on any atom is -0.507 e. The maximum atomic E-state index is 12.9. The lowest BCUT2D eigenvalue weighted by atomic mass is 10.1. The molecule has 0 saturated carbocycles. The van der Waals surface area contributed by atoms with Crippen LogP contribution in [0.4, 0.5) is 57.4 Å². The topological polar surface area (TPSA) is 368 Å². The third-order valence-corrected chi connectivity index (χ3v) is 12.5. The van der Waals surface area contributed by atoms with Crippen LogP contribution in [0, 0.1) is 20.8 Å². The number of aliphatic carboxylic acids is 1. The number of nitrogen functional groups attached to an aromatic ring is 1. The Labute approximate surface area is 407 Å². The highest BCUT2D eigenvalue weighted by Gasteiger charge is 2.25. The number of phenolic OH excluding ortho intramolecular Hbond substituents is 1. The van der Waals surface area contributed by atoms with Crippen LogP contribution in [0.5, 0.6) is 11.5 Å². The van der Waals surface area contributed by atoms with Gasteiger partial charge in [0.1, 0.15) is 44.0 Å². The van der Waals surface area contributed by atoms with Crippen molar-refractivity contribution in [1.82, 2.24) is 15.0 Å². The van der Waals surface area contributed by atoms with Gasteiger partial charge >= 0.3 is 23.8 Å². The van der Waals surface area contributed by atoms with Crippen LogP contribution < -0.4 is 31.0 Å². The number of azo groups is 2. The van der Waals surface area contributed by atoms with Gasteiger partial charge in [-0.2, -0.15) is 16.8 Å². The Hall–Kier alpha value is -7.96. The van der Waals surface area contributed by atoms with Gasteiger partial charge in [0.2, 0.25) is 0 Å². The minimum absolute atomic E-state index is 0.00225. The number of carboxylic acids is 1. The number of benzene rings is 5. The van der Waals surface area contributed by atoms with E-state index in [-0.39, 0.29) is 81.0 Å². The molecule has 0 bridgehead atoms. The molecule has 0 radical (unpaired) electrons. The highest BCUT2D eigenvalue weighted by atomic mass is 32.2. The number of fused-ring (bicyclic) bond motifs is 1. The van der Waals surface area contributed by atoms with Crippen molar-refractivity contribution in [2.24, 2.45) is 20.5 Å². The molecule has 7 aromatic rings. The molecule has 5 aromatic carbocycles. The molecule has 0 aliphatic carbocycles. The second kappa shape index (κ2) is 21.4. The molecular formula is C43H41N12O13S3+. The molecule has 71 heavy (non-hydrogen) atoms.